The summed E-state index contributed by atoms with van der Waals surface area (Å²) >= 11 is 0. The van der Waals surface area contributed by atoms with Crippen molar-refractivity contribution in [2.75, 3.05) is 0 Å². The Balaban J connectivity index is 0. The van der Waals surface area contributed by atoms with Gasteiger partial charge in [0.05, 0.1) is 0 Å². The molecule has 0 amide bonds. The molecule has 0 aromatic heterocycles. The second-order valence-corrected chi connectivity index (χ2v) is 8.26. The van der Waals surface area contributed by atoms with Gasteiger partial charge in [0.15, 0.2) is 0 Å². The molecular weight excluding hydrogens is 361 g/mol. The van der Waals surface area contributed by atoms with Crippen molar-refractivity contribution in [3.63, 3.8) is 0 Å². The van der Waals surface area contributed by atoms with E-state index in [0.29, 0.717) is 6.42 Å². The first-order chi connectivity index (χ1) is 13.0. The molecule has 0 saturated carbocycles. The minimum atomic E-state index is -0.713. The summed E-state index contributed by atoms with van der Waals surface area (Å²) in [4.78, 5) is 23.2. The van der Waals surface area contributed by atoms with Gasteiger partial charge in [0, 0.05) is 36.0 Å². The van der Waals surface area contributed by atoms with E-state index < -0.39 is 18.0 Å². The Morgan fingerprint density at radius 2 is 1.07 bits per heavy atom. The van der Waals surface area contributed by atoms with Crippen molar-refractivity contribution >= 4 is 41.5 Å². The smallest absolute Gasteiger partial charge is 0.330 e. The zero-order valence-corrected chi connectivity index (χ0v) is 21.3. The van der Waals surface area contributed by atoms with E-state index in [-0.39, 0.29) is 35.5 Å². The van der Waals surface area contributed by atoms with Crippen LogP contribution in [-0.2, 0) is 14.3 Å². The first-order valence-electron chi connectivity index (χ1n) is 11.5. The molecule has 28 heavy (non-hydrogen) atoms. The van der Waals surface area contributed by atoms with Crippen LogP contribution in [0.25, 0.3) is 0 Å². The third kappa shape index (κ3) is 19.4. The predicted molar refractivity (Wildman–Crippen MR) is 119 cm³/mol. The standard InChI is InChI=1S/C23H45NO3.Na/c1-4-5-6-7-8-9-10-11-12-13-14-15-16-17-18-19-21(25)27-23(26)22(24)20(2)3;/h20,22H,4-19,24H2,1-3H3;/t22-;/m0./s1. The second-order valence-electron chi connectivity index (χ2n) is 8.26. The molecule has 1 radical (unpaired) electrons. The first-order valence-corrected chi connectivity index (χ1v) is 11.5. The minimum Gasteiger partial charge on any atom is -0.392 e. The van der Waals surface area contributed by atoms with E-state index in [1.807, 2.05) is 13.8 Å². The first kappa shape index (κ1) is 30.3. The molecule has 0 spiro atoms. The molecule has 161 valence electrons. The maximum absolute atomic E-state index is 11.6. The van der Waals surface area contributed by atoms with Gasteiger partial charge in [-0.1, -0.05) is 111 Å². The number of esters is 2. The molecule has 0 aliphatic rings. The summed E-state index contributed by atoms with van der Waals surface area (Å²) in [5.74, 6) is -1.06. The summed E-state index contributed by atoms with van der Waals surface area (Å²) < 4.78 is 4.79. The predicted octanol–water partition coefficient (Wildman–Crippen LogP) is 5.92. The quantitative estimate of drug-likeness (QED) is 0.133. The van der Waals surface area contributed by atoms with E-state index >= 15 is 0 Å². The van der Waals surface area contributed by atoms with Crippen LogP contribution in [0.1, 0.15) is 124 Å². The molecule has 0 aromatic carbocycles. The maximum atomic E-state index is 11.6. The Labute approximate surface area is 196 Å². The molecule has 0 heterocycles. The van der Waals surface area contributed by atoms with Crippen LogP contribution in [0, 0.1) is 5.92 Å². The molecule has 0 aliphatic heterocycles. The SMILES string of the molecule is CCCCCCCCCCCCCCCCCC(=O)OC(=O)[C@@H](N)C(C)C.[Na]. The van der Waals surface area contributed by atoms with Gasteiger partial charge in [-0.05, 0) is 12.3 Å². The van der Waals surface area contributed by atoms with Crippen LogP contribution in [0.15, 0.2) is 0 Å². The van der Waals surface area contributed by atoms with Crippen LogP contribution >= 0.6 is 0 Å². The normalized spacial score (nSPS) is 11.9. The number of hydrogen-bond donors (Lipinski definition) is 1. The number of unbranched alkanes of at least 4 members (excludes halogenated alkanes) is 14. The van der Waals surface area contributed by atoms with Crippen LogP contribution in [-0.4, -0.2) is 47.5 Å². The Bertz CT molecular complexity index is 375. The van der Waals surface area contributed by atoms with Crippen molar-refractivity contribution in [2.24, 2.45) is 11.7 Å². The summed E-state index contributed by atoms with van der Waals surface area (Å²) in [5, 5.41) is 0. The summed E-state index contributed by atoms with van der Waals surface area (Å²) in [5.41, 5.74) is 5.67. The largest absolute Gasteiger partial charge is 0.392 e. The van der Waals surface area contributed by atoms with Crippen molar-refractivity contribution in [2.45, 2.75) is 130 Å². The van der Waals surface area contributed by atoms with Crippen molar-refractivity contribution < 1.29 is 14.3 Å². The Morgan fingerprint density at radius 1 is 0.714 bits per heavy atom. The van der Waals surface area contributed by atoms with Crippen LogP contribution in [0.4, 0.5) is 0 Å². The van der Waals surface area contributed by atoms with E-state index in [1.54, 1.807) is 0 Å². The number of hydrogen-bond acceptors (Lipinski definition) is 4. The Kier molecular flexibility index (Phi) is 23.6. The van der Waals surface area contributed by atoms with Gasteiger partial charge in [0.1, 0.15) is 6.04 Å². The molecule has 0 aromatic rings. The monoisotopic (exact) mass is 406 g/mol. The molecule has 4 nitrogen and oxygen atoms in total. The molecule has 5 heteroatoms. The Hall–Kier alpha value is 0.1000. The molecule has 0 unspecified atom stereocenters. The fourth-order valence-electron chi connectivity index (χ4n) is 3.14. The van der Waals surface area contributed by atoms with E-state index in [4.69, 9.17) is 10.5 Å². The van der Waals surface area contributed by atoms with Gasteiger partial charge >= 0.3 is 11.9 Å². The van der Waals surface area contributed by atoms with E-state index in [1.165, 1.54) is 77.0 Å². The summed E-state index contributed by atoms with van der Waals surface area (Å²) in [6, 6.07) is -0.713. The van der Waals surface area contributed by atoms with Crippen molar-refractivity contribution in [1.29, 1.82) is 0 Å². The zero-order valence-electron chi connectivity index (χ0n) is 19.3. The van der Waals surface area contributed by atoms with Crippen LogP contribution < -0.4 is 5.73 Å². The summed E-state index contributed by atoms with van der Waals surface area (Å²) in [6.45, 7) is 5.94. The Morgan fingerprint density at radius 3 is 1.43 bits per heavy atom. The fraction of sp³-hybridized carbons (Fsp3) is 0.913. The average molecular weight is 407 g/mol. The summed E-state index contributed by atoms with van der Waals surface area (Å²) in [6.07, 6.45) is 19.7. The molecule has 2 N–H and O–H groups in total. The van der Waals surface area contributed by atoms with Crippen LogP contribution in [0.3, 0.4) is 0 Å². The molecule has 0 saturated heterocycles. The summed E-state index contributed by atoms with van der Waals surface area (Å²) in [7, 11) is 0. The van der Waals surface area contributed by atoms with E-state index in [0.717, 1.165) is 19.3 Å². The van der Waals surface area contributed by atoms with Crippen molar-refractivity contribution in [1.82, 2.24) is 0 Å². The molecule has 0 fully saturated rings. The van der Waals surface area contributed by atoms with Gasteiger partial charge in [-0.25, -0.2) is 4.79 Å². The number of nitrogens with two attached hydrogens (primary N) is 1. The van der Waals surface area contributed by atoms with E-state index in [9.17, 15) is 9.59 Å². The van der Waals surface area contributed by atoms with Crippen LogP contribution in [0.5, 0.6) is 0 Å². The third-order valence-corrected chi connectivity index (χ3v) is 5.19. The van der Waals surface area contributed by atoms with Gasteiger partial charge in [-0.2, -0.15) is 0 Å². The average Bonchev–Trinajstić information content (AvgIpc) is 2.64. The third-order valence-electron chi connectivity index (χ3n) is 5.19. The van der Waals surface area contributed by atoms with Gasteiger partial charge in [-0.15, -0.1) is 0 Å². The molecular formula is C23H45NNaO3. The van der Waals surface area contributed by atoms with Gasteiger partial charge in [0.25, 0.3) is 0 Å². The zero-order chi connectivity index (χ0) is 20.3. The number of carbonyl (C=O) groups excluding carboxylic acids is 2. The minimum absolute atomic E-state index is 0. The van der Waals surface area contributed by atoms with Crippen LogP contribution in [0.2, 0.25) is 0 Å². The second kappa shape index (κ2) is 21.8. The number of carbonyl (C=O) groups is 2. The van der Waals surface area contributed by atoms with Gasteiger partial charge < -0.3 is 10.5 Å². The van der Waals surface area contributed by atoms with Crippen molar-refractivity contribution in [3.8, 4) is 0 Å². The maximum Gasteiger partial charge on any atom is 0.330 e. The molecule has 0 aliphatic carbocycles. The van der Waals surface area contributed by atoms with Gasteiger partial charge in [-0.3, -0.25) is 4.79 Å². The van der Waals surface area contributed by atoms with Gasteiger partial charge in [0.2, 0.25) is 0 Å². The fourth-order valence-corrected chi connectivity index (χ4v) is 3.14. The number of rotatable bonds is 18. The topological polar surface area (TPSA) is 69.4 Å². The van der Waals surface area contributed by atoms with E-state index in [2.05, 4.69) is 6.92 Å². The molecule has 0 bridgehead atoms. The van der Waals surface area contributed by atoms with Crippen molar-refractivity contribution in [3.05, 3.63) is 0 Å². The number of ether oxygens (including phenoxy) is 1. The molecule has 0 rings (SSSR count). The molecule has 1 atom stereocenters.